The minimum atomic E-state index is -0.0592. The van der Waals surface area contributed by atoms with Crippen LogP contribution in [0.5, 0.6) is 0 Å². The van der Waals surface area contributed by atoms with Crippen molar-refractivity contribution in [3.8, 4) is 0 Å². The van der Waals surface area contributed by atoms with Crippen molar-refractivity contribution in [3.63, 3.8) is 0 Å². The number of nitrogens with one attached hydrogen (secondary N) is 1. The highest BCUT2D eigenvalue weighted by Gasteiger charge is 2.16. The lowest BCUT2D eigenvalue weighted by Crippen LogP contribution is -2.31. The zero-order chi connectivity index (χ0) is 13.7. The Kier molecular flexibility index (Phi) is 4.85. The summed E-state index contributed by atoms with van der Waals surface area (Å²) >= 11 is 6.13. The predicted octanol–water partition coefficient (Wildman–Crippen LogP) is 2.44. The molecule has 0 fully saturated rings. The summed E-state index contributed by atoms with van der Waals surface area (Å²) in [6.07, 6.45) is 6.76. The maximum Gasteiger partial charge on any atom is 0.0675 e. The second-order valence-corrected chi connectivity index (χ2v) is 4.70. The van der Waals surface area contributed by atoms with Gasteiger partial charge in [0, 0.05) is 18.6 Å². The summed E-state index contributed by atoms with van der Waals surface area (Å²) in [5, 5.41) is 0.650. The fourth-order valence-corrected chi connectivity index (χ4v) is 2.28. The van der Waals surface area contributed by atoms with Gasteiger partial charge in [-0.1, -0.05) is 24.6 Å². The van der Waals surface area contributed by atoms with Gasteiger partial charge >= 0.3 is 0 Å². The lowest BCUT2D eigenvalue weighted by molar-refractivity contribution is 0.533. The van der Waals surface area contributed by atoms with Crippen molar-refractivity contribution in [1.29, 1.82) is 0 Å². The molecule has 2 heterocycles. The van der Waals surface area contributed by atoms with E-state index in [1.165, 1.54) is 5.56 Å². The zero-order valence-electron chi connectivity index (χ0n) is 10.8. The Bertz CT molecular complexity index is 544. The number of aromatic nitrogens is 2. The number of hydrazine groups is 1. The Hall–Kier alpha value is -1.49. The molecule has 2 rings (SSSR count). The fraction of sp³-hybridized carbons (Fsp3) is 0.286. The molecule has 1 unspecified atom stereocenters. The van der Waals surface area contributed by atoms with E-state index < -0.39 is 0 Å². The minimum Gasteiger partial charge on any atom is -0.271 e. The van der Waals surface area contributed by atoms with Crippen molar-refractivity contribution >= 4 is 11.6 Å². The van der Waals surface area contributed by atoms with Gasteiger partial charge < -0.3 is 0 Å². The number of pyridine rings is 2. The van der Waals surface area contributed by atoms with Crippen molar-refractivity contribution in [2.75, 3.05) is 0 Å². The van der Waals surface area contributed by atoms with Crippen molar-refractivity contribution in [2.45, 2.75) is 25.8 Å². The molecule has 0 amide bonds. The summed E-state index contributed by atoms with van der Waals surface area (Å²) in [5.41, 5.74) is 6.00. The SMILES string of the molecule is CCc1cccnc1C(Cc1ccncc1Cl)NN. The van der Waals surface area contributed by atoms with E-state index in [1.54, 1.807) is 18.6 Å². The summed E-state index contributed by atoms with van der Waals surface area (Å²) in [5.74, 6) is 5.68. The molecule has 0 aliphatic carbocycles. The first-order valence-corrected chi connectivity index (χ1v) is 6.62. The van der Waals surface area contributed by atoms with E-state index in [9.17, 15) is 0 Å². The standard InChI is InChI=1S/C14H17ClN4/c1-2-10-4-3-6-18-14(10)13(19-16)8-11-5-7-17-9-12(11)15/h3-7,9,13,19H,2,8,16H2,1H3. The molecule has 2 aromatic rings. The number of halogens is 1. The number of hydrogen-bond acceptors (Lipinski definition) is 4. The van der Waals surface area contributed by atoms with Gasteiger partial charge in [-0.25, -0.2) is 0 Å². The van der Waals surface area contributed by atoms with E-state index in [0.717, 1.165) is 17.7 Å². The van der Waals surface area contributed by atoms with Gasteiger partial charge in [0.25, 0.3) is 0 Å². The molecule has 0 saturated heterocycles. The lowest BCUT2D eigenvalue weighted by atomic mass is 9.99. The molecule has 3 N–H and O–H groups in total. The second kappa shape index (κ2) is 6.61. The van der Waals surface area contributed by atoms with E-state index in [2.05, 4.69) is 28.4 Å². The van der Waals surface area contributed by atoms with Gasteiger partial charge in [-0.2, -0.15) is 0 Å². The smallest absolute Gasteiger partial charge is 0.0675 e. The molecule has 1 atom stereocenters. The summed E-state index contributed by atoms with van der Waals surface area (Å²) in [6.45, 7) is 2.10. The highest BCUT2D eigenvalue weighted by atomic mass is 35.5. The van der Waals surface area contributed by atoms with Gasteiger partial charge in [0.2, 0.25) is 0 Å². The number of aryl methyl sites for hydroxylation is 1. The first-order valence-electron chi connectivity index (χ1n) is 6.24. The van der Waals surface area contributed by atoms with Gasteiger partial charge in [0.1, 0.15) is 0 Å². The Balaban J connectivity index is 2.28. The van der Waals surface area contributed by atoms with E-state index in [1.807, 2.05) is 12.1 Å². The molecular weight excluding hydrogens is 260 g/mol. The summed E-state index contributed by atoms with van der Waals surface area (Å²) in [6, 6.07) is 5.85. The molecule has 5 heteroatoms. The van der Waals surface area contributed by atoms with Crippen molar-refractivity contribution in [1.82, 2.24) is 15.4 Å². The van der Waals surface area contributed by atoms with E-state index in [-0.39, 0.29) is 6.04 Å². The van der Waals surface area contributed by atoms with Crippen LogP contribution in [0.25, 0.3) is 0 Å². The fourth-order valence-electron chi connectivity index (χ4n) is 2.09. The molecule has 0 aliphatic rings. The van der Waals surface area contributed by atoms with Crippen LogP contribution in [0.15, 0.2) is 36.8 Å². The largest absolute Gasteiger partial charge is 0.271 e. The number of rotatable bonds is 5. The molecule has 19 heavy (non-hydrogen) atoms. The van der Waals surface area contributed by atoms with Crippen molar-refractivity contribution in [2.24, 2.45) is 5.84 Å². The third-order valence-corrected chi connectivity index (χ3v) is 3.46. The van der Waals surface area contributed by atoms with E-state index >= 15 is 0 Å². The highest BCUT2D eigenvalue weighted by molar-refractivity contribution is 6.31. The molecule has 2 aromatic heterocycles. The molecule has 0 bridgehead atoms. The average Bonchev–Trinajstić information content (AvgIpc) is 2.46. The van der Waals surface area contributed by atoms with Crippen LogP contribution in [0, 0.1) is 0 Å². The number of nitrogens with two attached hydrogens (primary N) is 1. The first kappa shape index (κ1) is 13.9. The van der Waals surface area contributed by atoms with Gasteiger partial charge in [0.05, 0.1) is 16.8 Å². The molecule has 0 aromatic carbocycles. The Labute approximate surface area is 118 Å². The van der Waals surface area contributed by atoms with E-state index in [4.69, 9.17) is 17.4 Å². The maximum absolute atomic E-state index is 6.13. The third-order valence-electron chi connectivity index (χ3n) is 3.12. The topological polar surface area (TPSA) is 63.8 Å². The number of nitrogens with zero attached hydrogens (tertiary/aromatic N) is 2. The van der Waals surface area contributed by atoms with Crippen LogP contribution in [0.1, 0.15) is 29.8 Å². The third kappa shape index (κ3) is 3.29. The Morgan fingerprint density at radius 3 is 2.84 bits per heavy atom. The van der Waals surface area contributed by atoms with E-state index in [0.29, 0.717) is 11.4 Å². The van der Waals surface area contributed by atoms with Crippen LogP contribution < -0.4 is 11.3 Å². The van der Waals surface area contributed by atoms with Crippen molar-refractivity contribution < 1.29 is 0 Å². The van der Waals surface area contributed by atoms with Crippen LogP contribution in [-0.4, -0.2) is 9.97 Å². The zero-order valence-corrected chi connectivity index (χ0v) is 11.6. The molecule has 4 nitrogen and oxygen atoms in total. The average molecular weight is 277 g/mol. The van der Waals surface area contributed by atoms with Gasteiger partial charge in [-0.3, -0.25) is 21.2 Å². The molecule has 0 spiro atoms. The first-order chi connectivity index (χ1) is 9.26. The van der Waals surface area contributed by atoms with Gasteiger partial charge in [-0.05, 0) is 36.1 Å². The molecular formula is C14H17ClN4. The maximum atomic E-state index is 6.13. The molecule has 0 saturated carbocycles. The number of hydrogen-bond donors (Lipinski definition) is 2. The minimum absolute atomic E-state index is 0.0592. The summed E-state index contributed by atoms with van der Waals surface area (Å²) < 4.78 is 0. The van der Waals surface area contributed by atoms with Crippen LogP contribution in [0.2, 0.25) is 5.02 Å². The van der Waals surface area contributed by atoms with Gasteiger partial charge in [-0.15, -0.1) is 0 Å². The summed E-state index contributed by atoms with van der Waals surface area (Å²) in [4.78, 5) is 8.43. The van der Waals surface area contributed by atoms with Crippen LogP contribution in [0.4, 0.5) is 0 Å². The van der Waals surface area contributed by atoms with Crippen LogP contribution in [-0.2, 0) is 12.8 Å². The highest BCUT2D eigenvalue weighted by Crippen LogP contribution is 2.23. The predicted molar refractivity (Wildman–Crippen MR) is 76.6 cm³/mol. The Morgan fingerprint density at radius 1 is 1.32 bits per heavy atom. The molecule has 0 radical (unpaired) electrons. The second-order valence-electron chi connectivity index (χ2n) is 4.29. The van der Waals surface area contributed by atoms with Gasteiger partial charge in [0.15, 0.2) is 0 Å². The quantitative estimate of drug-likeness (QED) is 0.650. The van der Waals surface area contributed by atoms with Crippen molar-refractivity contribution in [3.05, 3.63) is 58.6 Å². The molecule has 100 valence electrons. The monoisotopic (exact) mass is 276 g/mol. The summed E-state index contributed by atoms with van der Waals surface area (Å²) in [7, 11) is 0. The molecule has 0 aliphatic heterocycles. The normalized spacial score (nSPS) is 12.4. The van der Waals surface area contributed by atoms with Crippen LogP contribution in [0.3, 0.4) is 0 Å². The van der Waals surface area contributed by atoms with Crippen LogP contribution >= 0.6 is 11.6 Å². The Morgan fingerprint density at radius 2 is 2.16 bits per heavy atom. The lowest BCUT2D eigenvalue weighted by Gasteiger charge is -2.18.